The summed E-state index contributed by atoms with van der Waals surface area (Å²) >= 11 is 0.409. The van der Waals surface area contributed by atoms with Crippen LogP contribution in [0.1, 0.15) is 31.0 Å². The molecule has 2 aromatic rings. The predicted molar refractivity (Wildman–Crippen MR) is 92.2 cm³/mol. The average molecular weight is 478 g/mol. The van der Waals surface area contributed by atoms with E-state index in [1.54, 1.807) is 0 Å². The Hall–Kier alpha value is -1.54. The Morgan fingerprint density at radius 2 is 1.45 bits per heavy atom. The number of nitrogens with zero attached hydrogens (tertiary/aromatic N) is 2. The van der Waals surface area contributed by atoms with Gasteiger partial charge in [0.1, 0.15) is 0 Å². The molecule has 2 aromatic carbocycles. The Labute approximate surface area is 149 Å². The van der Waals surface area contributed by atoms with E-state index in [1.807, 2.05) is 31.2 Å². The summed E-state index contributed by atoms with van der Waals surface area (Å²) in [6, 6.07) is 20.8. The molecular weight excluding hydrogens is 457 g/mol. The van der Waals surface area contributed by atoms with Gasteiger partial charge in [-0.15, -0.1) is 13.2 Å². The van der Waals surface area contributed by atoms with Crippen molar-refractivity contribution < 1.29 is 26.1 Å². The summed E-state index contributed by atoms with van der Waals surface area (Å²) in [5.41, 5.74) is 3.45. The van der Waals surface area contributed by atoms with Crippen molar-refractivity contribution in [3.8, 4) is 0 Å². The van der Waals surface area contributed by atoms with Gasteiger partial charge in [-0.3, -0.25) is 0 Å². The third-order valence-electron chi connectivity index (χ3n) is 3.11. The van der Waals surface area contributed by atoms with Gasteiger partial charge in [0, 0.05) is 0 Å². The minimum atomic E-state index is 0.177. The summed E-state index contributed by atoms with van der Waals surface area (Å²) in [7, 11) is 0. The van der Waals surface area contributed by atoms with E-state index in [-0.39, 0.29) is 6.04 Å². The average Bonchev–Trinajstić information content (AvgIpc) is 2.58. The molecule has 0 aromatic heterocycles. The molecule has 2 nitrogen and oxygen atoms in total. The van der Waals surface area contributed by atoms with Crippen LogP contribution < -0.4 is 0 Å². The van der Waals surface area contributed by atoms with Crippen LogP contribution in [0.25, 0.3) is 0 Å². The monoisotopic (exact) mass is 479 g/mol. The topological polar surface area (TPSA) is 24.7 Å². The van der Waals surface area contributed by atoms with Crippen molar-refractivity contribution in [3.63, 3.8) is 0 Å². The molecule has 0 heterocycles. The molecule has 0 N–H and O–H groups in total. The van der Waals surface area contributed by atoms with Crippen molar-refractivity contribution in [2.45, 2.75) is 19.9 Å². The third-order valence-corrected chi connectivity index (χ3v) is 4.44. The molecule has 0 bridgehead atoms. The van der Waals surface area contributed by atoms with Crippen LogP contribution in [-0.2, 0) is 26.1 Å². The van der Waals surface area contributed by atoms with Gasteiger partial charge in [0.05, 0.1) is 0 Å². The maximum Gasteiger partial charge on any atom is -0.106 e. The van der Waals surface area contributed by atoms with Crippen molar-refractivity contribution in [1.82, 2.24) is 0 Å². The number of hydrogen-bond acceptors (Lipinski definition) is 1. The second kappa shape index (κ2) is 10.2. The van der Waals surface area contributed by atoms with E-state index in [1.165, 1.54) is 5.56 Å². The van der Waals surface area contributed by atoms with Gasteiger partial charge in [-0.2, -0.15) is 0 Å². The molecule has 0 aliphatic rings. The fourth-order valence-electron chi connectivity index (χ4n) is 2.00. The summed E-state index contributed by atoms with van der Waals surface area (Å²) in [4.78, 5) is 9.39. The first-order valence-corrected chi connectivity index (χ1v) is 9.97. The number of rotatable bonds is 3. The first-order valence-electron chi connectivity index (χ1n) is 7.22. The van der Waals surface area contributed by atoms with Crippen LogP contribution in [0.4, 0.5) is 0 Å². The van der Waals surface area contributed by atoms with Crippen molar-refractivity contribution in [3.05, 3.63) is 84.9 Å². The molecule has 3 heteroatoms. The van der Waals surface area contributed by atoms with Gasteiger partial charge in [0.15, 0.2) is 0 Å². The SMILES string of the molecule is C/C(=N\[C]([Hg])=NC(C)c1ccccc1)c1ccccc1.C=C. The largest absolute Gasteiger partial charge is 0.106 e. The van der Waals surface area contributed by atoms with Crippen LogP contribution in [0.2, 0.25) is 0 Å². The smallest absolute Gasteiger partial charge is 0.106 e. The molecule has 0 saturated heterocycles. The Bertz CT molecular complexity index is 618. The van der Waals surface area contributed by atoms with Crippen LogP contribution in [0.5, 0.6) is 0 Å². The maximum atomic E-state index is 4.73. The van der Waals surface area contributed by atoms with Crippen LogP contribution in [0.15, 0.2) is 83.8 Å². The minimum absolute atomic E-state index is 0.177. The molecule has 1 unspecified atom stereocenters. The van der Waals surface area contributed by atoms with Crippen LogP contribution in [-0.4, -0.2) is 9.06 Å². The summed E-state index contributed by atoms with van der Waals surface area (Å²) in [6.07, 6.45) is 0. The van der Waals surface area contributed by atoms with Gasteiger partial charge in [-0.05, 0) is 0 Å². The summed E-state index contributed by atoms with van der Waals surface area (Å²) in [5.74, 6) is 0. The number of amidine groups is 1. The fourth-order valence-corrected chi connectivity index (χ4v) is 3.98. The number of hydrogen-bond donors (Lipinski definition) is 0. The van der Waals surface area contributed by atoms with Gasteiger partial charge in [0.25, 0.3) is 0 Å². The van der Waals surface area contributed by atoms with Gasteiger partial charge in [-0.1, -0.05) is 0 Å². The van der Waals surface area contributed by atoms with E-state index in [4.69, 9.17) is 4.99 Å². The molecule has 109 valence electrons. The van der Waals surface area contributed by atoms with Crippen LogP contribution >= 0.6 is 0 Å². The molecule has 2 rings (SSSR count). The summed E-state index contributed by atoms with van der Waals surface area (Å²) in [6.45, 7) is 10.2. The van der Waals surface area contributed by atoms with Crippen molar-refractivity contribution in [2.24, 2.45) is 9.98 Å². The number of benzene rings is 2. The minimum Gasteiger partial charge on any atom is -0.106 e. The maximum absolute atomic E-state index is 4.73. The van der Waals surface area contributed by atoms with Crippen LogP contribution in [0.3, 0.4) is 0 Å². The first-order chi connectivity index (χ1) is 10.7. The molecule has 0 aliphatic carbocycles. The second-order valence-corrected chi connectivity index (χ2v) is 7.15. The number of aliphatic imine (C=N–C) groups is 2. The zero-order valence-electron chi connectivity index (χ0n) is 13.4. The Balaban J connectivity index is 0.00000116. The van der Waals surface area contributed by atoms with E-state index in [9.17, 15) is 0 Å². The second-order valence-electron chi connectivity index (χ2n) is 4.70. The van der Waals surface area contributed by atoms with E-state index in [2.05, 4.69) is 61.5 Å². The Morgan fingerprint density at radius 1 is 0.955 bits per heavy atom. The third kappa shape index (κ3) is 6.06. The van der Waals surface area contributed by atoms with Crippen molar-refractivity contribution in [1.29, 1.82) is 0 Å². The van der Waals surface area contributed by atoms with Gasteiger partial charge < -0.3 is 0 Å². The van der Waals surface area contributed by atoms with Crippen molar-refractivity contribution >= 4 is 9.06 Å². The Morgan fingerprint density at radius 3 is 2.00 bits per heavy atom. The quantitative estimate of drug-likeness (QED) is 0.258. The first kappa shape index (κ1) is 18.5. The molecule has 0 amide bonds. The predicted octanol–water partition coefficient (Wildman–Crippen LogP) is 4.96. The normalized spacial score (nSPS) is 13.1. The van der Waals surface area contributed by atoms with E-state index in [0.29, 0.717) is 26.1 Å². The van der Waals surface area contributed by atoms with E-state index < -0.39 is 0 Å². The molecule has 22 heavy (non-hydrogen) atoms. The molecule has 0 spiro atoms. The van der Waals surface area contributed by atoms with Crippen LogP contribution in [0, 0.1) is 0 Å². The fraction of sp³-hybridized carbons (Fsp3) is 0.158. The van der Waals surface area contributed by atoms with Crippen molar-refractivity contribution in [2.75, 3.05) is 0 Å². The molecule has 0 aliphatic heterocycles. The Kier molecular flexibility index (Phi) is 8.60. The van der Waals surface area contributed by atoms with E-state index in [0.717, 1.165) is 14.6 Å². The van der Waals surface area contributed by atoms with E-state index >= 15 is 0 Å². The molecular formula is C19H21HgN2. The molecule has 0 radical (unpaired) electrons. The molecule has 1 atom stereocenters. The summed E-state index contributed by atoms with van der Waals surface area (Å²) in [5, 5.41) is 0. The molecule has 0 saturated carbocycles. The zero-order valence-corrected chi connectivity index (χ0v) is 18.9. The summed E-state index contributed by atoms with van der Waals surface area (Å²) < 4.78 is 1.00. The molecule has 0 fully saturated rings. The van der Waals surface area contributed by atoms with Gasteiger partial charge >= 0.3 is 137 Å². The van der Waals surface area contributed by atoms with Gasteiger partial charge in [0.2, 0.25) is 0 Å². The standard InChI is InChI=1S/C17H17N2.C2H4.Hg/c1-14(16-9-5-3-6-10-16)18-13-19-15(2)17-11-7-4-8-12-17;1-2;/h3-12,14H,1-2H3;1-2H2;/b18-13?,19-15+;;. The zero-order chi connectivity index (χ0) is 16.4. The van der Waals surface area contributed by atoms with Gasteiger partial charge in [-0.25, -0.2) is 0 Å².